The van der Waals surface area contributed by atoms with E-state index in [9.17, 15) is 0 Å². The highest BCUT2D eigenvalue weighted by atomic mass is 15.1. The zero-order valence-corrected chi connectivity index (χ0v) is 27.8. The van der Waals surface area contributed by atoms with Gasteiger partial charge in [0.2, 0.25) is 0 Å². The molecule has 6 aromatic carbocycles. The molecule has 2 heteroatoms. The van der Waals surface area contributed by atoms with Crippen molar-refractivity contribution in [3.8, 4) is 22.3 Å². The normalized spacial score (nSPS) is 11.3. The minimum Gasteiger partial charge on any atom is -0.372 e. The fourth-order valence-electron chi connectivity index (χ4n) is 7.35. The Bertz CT molecular complexity index is 1820. The van der Waals surface area contributed by atoms with Crippen LogP contribution in [0.1, 0.15) is 49.9 Å². The summed E-state index contributed by atoms with van der Waals surface area (Å²) in [6.07, 6.45) is 0.887. The second-order valence-corrected chi connectivity index (χ2v) is 12.1. The third kappa shape index (κ3) is 5.59. The van der Waals surface area contributed by atoms with Crippen LogP contribution in [0, 0.1) is 13.8 Å². The molecular formula is C43H46N2. The first-order chi connectivity index (χ1) is 22.0. The molecule has 0 saturated heterocycles. The van der Waals surface area contributed by atoms with Crippen LogP contribution in [-0.2, 0) is 6.42 Å². The minimum absolute atomic E-state index is 0.887. The van der Waals surface area contributed by atoms with Gasteiger partial charge in [0, 0.05) is 37.6 Å². The van der Waals surface area contributed by atoms with E-state index >= 15 is 0 Å². The average Bonchev–Trinajstić information content (AvgIpc) is 3.08. The maximum atomic E-state index is 2.45. The Hall–Kier alpha value is -4.56. The average molecular weight is 591 g/mol. The van der Waals surface area contributed by atoms with E-state index in [1.165, 1.54) is 77.4 Å². The van der Waals surface area contributed by atoms with Crippen LogP contribution in [0.15, 0.2) is 109 Å². The zero-order chi connectivity index (χ0) is 31.5. The number of nitrogens with zero attached hydrogens (tertiary/aromatic N) is 2. The van der Waals surface area contributed by atoms with E-state index in [1.54, 1.807) is 0 Å². The van der Waals surface area contributed by atoms with Crippen LogP contribution >= 0.6 is 0 Å². The van der Waals surface area contributed by atoms with Crippen molar-refractivity contribution in [2.45, 2.75) is 48.0 Å². The van der Waals surface area contributed by atoms with Crippen LogP contribution < -0.4 is 9.80 Å². The lowest BCUT2D eigenvalue weighted by Crippen LogP contribution is -2.22. The first kappa shape index (κ1) is 30.5. The summed E-state index contributed by atoms with van der Waals surface area (Å²) in [7, 11) is 0. The van der Waals surface area contributed by atoms with Crippen molar-refractivity contribution in [1.29, 1.82) is 0 Å². The van der Waals surface area contributed by atoms with E-state index < -0.39 is 0 Å². The molecule has 2 nitrogen and oxygen atoms in total. The van der Waals surface area contributed by atoms with E-state index in [4.69, 9.17) is 0 Å². The predicted molar refractivity (Wildman–Crippen MR) is 198 cm³/mol. The largest absolute Gasteiger partial charge is 0.372 e. The standard InChI is InChI=1S/C43H46N2/c1-7-44(8-2)42-23-15-21-34(30(42)5)40-27-25-32(36-17-11-13-19-38(36)40)29-33-26-28-41(39-20-14-12-18-37(33)39)35-22-16-24-43(31(35)6)45(9-3)10-4/h11-28H,7-10,29H2,1-6H3. The van der Waals surface area contributed by atoms with Gasteiger partial charge in [0.05, 0.1) is 0 Å². The molecule has 6 rings (SSSR count). The molecular weight excluding hydrogens is 544 g/mol. The molecule has 0 aliphatic carbocycles. The lowest BCUT2D eigenvalue weighted by Gasteiger charge is -2.25. The quantitative estimate of drug-likeness (QED) is 0.157. The third-order valence-corrected chi connectivity index (χ3v) is 9.81. The van der Waals surface area contributed by atoms with Crippen LogP contribution in [0.2, 0.25) is 0 Å². The summed E-state index contributed by atoms with van der Waals surface area (Å²) in [5, 5.41) is 5.30. The van der Waals surface area contributed by atoms with E-state index in [0.717, 1.165) is 32.6 Å². The van der Waals surface area contributed by atoms with Crippen molar-refractivity contribution in [3.63, 3.8) is 0 Å². The fraction of sp³-hybridized carbons (Fsp3) is 0.256. The van der Waals surface area contributed by atoms with Crippen LogP contribution in [-0.4, -0.2) is 26.2 Å². The van der Waals surface area contributed by atoms with Crippen molar-refractivity contribution in [3.05, 3.63) is 131 Å². The maximum absolute atomic E-state index is 2.45. The van der Waals surface area contributed by atoms with Crippen LogP contribution in [0.3, 0.4) is 0 Å². The van der Waals surface area contributed by atoms with Gasteiger partial charge in [-0.25, -0.2) is 0 Å². The van der Waals surface area contributed by atoms with E-state index in [1.807, 2.05) is 0 Å². The predicted octanol–water partition coefficient (Wildman–Crippen LogP) is 11.2. The Morgan fingerprint density at radius 3 is 1.13 bits per heavy atom. The zero-order valence-electron chi connectivity index (χ0n) is 27.8. The Kier molecular flexibility index (Phi) is 8.94. The van der Waals surface area contributed by atoms with Gasteiger partial charge in [0.25, 0.3) is 0 Å². The molecule has 0 amide bonds. The molecule has 0 spiro atoms. The van der Waals surface area contributed by atoms with Crippen molar-refractivity contribution >= 4 is 32.9 Å². The van der Waals surface area contributed by atoms with Gasteiger partial charge in [-0.3, -0.25) is 0 Å². The van der Waals surface area contributed by atoms with Crippen molar-refractivity contribution in [2.24, 2.45) is 0 Å². The molecule has 0 bridgehead atoms. The summed E-state index contributed by atoms with van der Waals surface area (Å²) in [6.45, 7) is 17.5. The first-order valence-corrected chi connectivity index (χ1v) is 16.7. The summed E-state index contributed by atoms with van der Waals surface area (Å²) in [6, 6.07) is 40.9. The number of benzene rings is 6. The molecule has 0 N–H and O–H groups in total. The van der Waals surface area contributed by atoms with Gasteiger partial charge < -0.3 is 9.80 Å². The molecule has 0 radical (unpaired) electrons. The van der Waals surface area contributed by atoms with E-state index in [2.05, 4.69) is 161 Å². The molecule has 0 aromatic heterocycles. The lowest BCUT2D eigenvalue weighted by atomic mass is 9.87. The highest BCUT2D eigenvalue weighted by molar-refractivity contribution is 6.02. The molecule has 0 unspecified atom stereocenters. The highest BCUT2D eigenvalue weighted by Crippen LogP contribution is 2.39. The fourth-order valence-corrected chi connectivity index (χ4v) is 7.35. The summed E-state index contributed by atoms with van der Waals surface area (Å²) in [5.41, 5.74) is 13.3. The summed E-state index contributed by atoms with van der Waals surface area (Å²) < 4.78 is 0. The maximum Gasteiger partial charge on any atom is 0.0401 e. The molecule has 0 aliphatic heterocycles. The molecule has 45 heavy (non-hydrogen) atoms. The summed E-state index contributed by atoms with van der Waals surface area (Å²) >= 11 is 0. The van der Waals surface area contributed by atoms with Crippen molar-refractivity contribution in [1.82, 2.24) is 0 Å². The molecule has 0 atom stereocenters. The first-order valence-electron chi connectivity index (χ1n) is 16.7. The Balaban J connectivity index is 1.44. The second-order valence-electron chi connectivity index (χ2n) is 12.1. The number of hydrogen-bond donors (Lipinski definition) is 0. The van der Waals surface area contributed by atoms with Gasteiger partial charge in [0.15, 0.2) is 0 Å². The van der Waals surface area contributed by atoms with Gasteiger partial charge >= 0.3 is 0 Å². The van der Waals surface area contributed by atoms with E-state index in [-0.39, 0.29) is 0 Å². The molecule has 0 fully saturated rings. The van der Waals surface area contributed by atoms with E-state index in [0.29, 0.717) is 0 Å². The van der Waals surface area contributed by atoms with Gasteiger partial charge in [-0.15, -0.1) is 0 Å². The molecule has 0 saturated carbocycles. The Morgan fingerprint density at radius 2 is 0.756 bits per heavy atom. The van der Waals surface area contributed by atoms with Crippen LogP contribution in [0.5, 0.6) is 0 Å². The molecule has 228 valence electrons. The van der Waals surface area contributed by atoms with Gasteiger partial charge in [-0.2, -0.15) is 0 Å². The molecule has 0 aliphatic rings. The van der Waals surface area contributed by atoms with Crippen LogP contribution in [0.25, 0.3) is 43.8 Å². The number of rotatable bonds is 10. The highest BCUT2D eigenvalue weighted by Gasteiger charge is 2.17. The number of hydrogen-bond acceptors (Lipinski definition) is 2. The van der Waals surface area contributed by atoms with Crippen LogP contribution in [0.4, 0.5) is 11.4 Å². The summed E-state index contributed by atoms with van der Waals surface area (Å²) in [4.78, 5) is 4.90. The number of fused-ring (bicyclic) bond motifs is 2. The van der Waals surface area contributed by atoms with Crippen molar-refractivity contribution < 1.29 is 0 Å². The SMILES string of the molecule is CCN(CC)c1cccc(-c2ccc(Cc3ccc(-c4cccc(N(CC)CC)c4C)c4ccccc34)c3ccccc23)c1C. The molecule has 6 aromatic rings. The van der Waals surface area contributed by atoms with Gasteiger partial charge in [0.1, 0.15) is 0 Å². The minimum atomic E-state index is 0.887. The summed E-state index contributed by atoms with van der Waals surface area (Å²) in [5.74, 6) is 0. The topological polar surface area (TPSA) is 6.48 Å². The Morgan fingerprint density at radius 1 is 0.378 bits per heavy atom. The smallest absolute Gasteiger partial charge is 0.0401 e. The van der Waals surface area contributed by atoms with Crippen molar-refractivity contribution in [2.75, 3.05) is 36.0 Å². The monoisotopic (exact) mass is 590 g/mol. The second kappa shape index (κ2) is 13.2. The third-order valence-electron chi connectivity index (χ3n) is 9.81. The Labute approximate surface area is 270 Å². The number of anilines is 2. The lowest BCUT2D eigenvalue weighted by molar-refractivity contribution is 0.862. The van der Waals surface area contributed by atoms with Gasteiger partial charge in [-0.1, -0.05) is 97.1 Å². The molecule has 0 heterocycles. The van der Waals surface area contributed by atoms with Gasteiger partial charge in [-0.05, 0) is 126 Å².